The Morgan fingerprint density at radius 3 is 2.14 bits per heavy atom. The van der Waals surface area contributed by atoms with Gasteiger partial charge in [-0.1, -0.05) is 6.92 Å². The highest BCUT2D eigenvalue weighted by atomic mass is 127. The number of carbonyl (C=O) groups is 2. The maximum atomic E-state index is 12.1. The molecule has 0 aliphatic heterocycles. The third-order valence-corrected chi connectivity index (χ3v) is 8.40. The Bertz CT molecular complexity index is 1200. The van der Waals surface area contributed by atoms with Crippen molar-refractivity contribution in [3.8, 4) is 17.2 Å². The summed E-state index contributed by atoms with van der Waals surface area (Å²) in [5, 5.41) is 25.6. The lowest BCUT2D eigenvalue weighted by molar-refractivity contribution is -0.139. The molecule has 2 atom stereocenters. The standard InChI is InChI=1S/C28H39I3N4O7/c1-27(2,3)42-26(39)35-22(25(37)38)9-16-7-20(30)24(21(31)8-16)41-18-5-6-23(19(29)10-18)40-12-17(36)11-34-15-28(4,13-32)14-33/h5-8,10,17,22,34,36H,9,11-15,32-33H2,1-4H3,(H,35,39)(H,37,38). The van der Waals surface area contributed by atoms with Crippen molar-refractivity contribution in [2.45, 2.75) is 51.9 Å². The summed E-state index contributed by atoms with van der Waals surface area (Å²) >= 11 is 6.43. The zero-order valence-corrected chi connectivity index (χ0v) is 30.5. The van der Waals surface area contributed by atoms with Gasteiger partial charge in [0, 0.05) is 38.0 Å². The molecule has 0 radical (unpaired) electrons. The number of carbonyl (C=O) groups excluding carboxylic acids is 1. The third kappa shape index (κ3) is 12.4. The van der Waals surface area contributed by atoms with Crippen molar-refractivity contribution in [3.05, 3.63) is 46.6 Å². The van der Waals surface area contributed by atoms with Crippen LogP contribution in [-0.4, -0.2) is 72.8 Å². The zero-order valence-electron chi connectivity index (χ0n) is 24.0. The second kappa shape index (κ2) is 16.8. The molecule has 0 saturated heterocycles. The molecule has 1 amide bonds. The quantitative estimate of drug-likeness (QED) is 0.143. The van der Waals surface area contributed by atoms with Crippen LogP contribution in [0.4, 0.5) is 4.79 Å². The van der Waals surface area contributed by atoms with Gasteiger partial charge in [-0.3, -0.25) is 0 Å². The average molecular weight is 924 g/mol. The largest absolute Gasteiger partial charge is 0.490 e. The number of hydrogen-bond donors (Lipinski definition) is 6. The molecule has 0 aliphatic carbocycles. The first-order chi connectivity index (χ1) is 19.6. The van der Waals surface area contributed by atoms with Crippen molar-refractivity contribution < 1.29 is 34.0 Å². The molecule has 0 saturated carbocycles. The number of amides is 1. The topological polar surface area (TPSA) is 178 Å². The molecule has 2 aromatic rings. The van der Waals surface area contributed by atoms with Crippen molar-refractivity contribution in [2.24, 2.45) is 16.9 Å². The lowest BCUT2D eigenvalue weighted by atomic mass is 9.91. The summed E-state index contributed by atoms with van der Waals surface area (Å²) in [6, 6.07) is 7.89. The first kappa shape index (κ1) is 37.0. The molecule has 2 aromatic carbocycles. The van der Waals surface area contributed by atoms with Crippen molar-refractivity contribution in [1.82, 2.24) is 10.6 Å². The van der Waals surface area contributed by atoms with Crippen LogP contribution in [0.5, 0.6) is 17.2 Å². The fourth-order valence-electron chi connectivity index (χ4n) is 3.51. The molecule has 0 heterocycles. The van der Waals surface area contributed by atoms with Crippen LogP contribution < -0.4 is 31.6 Å². The monoisotopic (exact) mass is 924 g/mol. The second-order valence-electron chi connectivity index (χ2n) is 11.1. The second-order valence-corrected chi connectivity index (χ2v) is 14.6. The number of aliphatic hydroxyl groups excluding tert-OH is 1. The van der Waals surface area contributed by atoms with Crippen LogP contribution in [0.1, 0.15) is 33.3 Å². The number of carboxylic acid groups (broad SMARTS) is 1. The highest BCUT2D eigenvalue weighted by molar-refractivity contribution is 14.1. The molecule has 234 valence electrons. The minimum Gasteiger partial charge on any atom is -0.490 e. The van der Waals surface area contributed by atoms with Crippen molar-refractivity contribution in [2.75, 3.05) is 32.8 Å². The Kier molecular flexibility index (Phi) is 14.8. The summed E-state index contributed by atoms with van der Waals surface area (Å²) < 4.78 is 19.6. The predicted octanol–water partition coefficient (Wildman–Crippen LogP) is 4.07. The van der Waals surface area contributed by atoms with Gasteiger partial charge in [0.05, 0.1) is 10.7 Å². The van der Waals surface area contributed by atoms with E-state index in [-0.39, 0.29) is 18.4 Å². The molecule has 2 unspecified atom stereocenters. The highest BCUT2D eigenvalue weighted by Crippen LogP contribution is 2.35. The molecule has 14 heteroatoms. The fraction of sp³-hybridized carbons (Fsp3) is 0.500. The summed E-state index contributed by atoms with van der Waals surface area (Å²) in [7, 11) is 0. The number of nitrogens with one attached hydrogen (secondary N) is 2. The van der Waals surface area contributed by atoms with Crippen LogP contribution in [0, 0.1) is 16.1 Å². The molecule has 42 heavy (non-hydrogen) atoms. The molecular weight excluding hydrogens is 885 g/mol. The summed E-state index contributed by atoms with van der Waals surface area (Å²) in [5.41, 5.74) is 11.3. The van der Waals surface area contributed by atoms with Crippen molar-refractivity contribution in [1.29, 1.82) is 0 Å². The SMILES string of the molecule is CC(CN)(CN)CNCC(O)COc1ccc(Oc2c(I)cc(CC(NC(=O)OC(C)(C)C)C(=O)O)cc2I)cc1I. The van der Waals surface area contributed by atoms with Gasteiger partial charge < -0.3 is 46.5 Å². The number of nitrogens with two attached hydrogens (primary N) is 2. The lowest BCUT2D eigenvalue weighted by Crippen LogP contribution is -2.45. The van der Waals surface area contributed by atoms with Crippen molar-refractivity contribution in [3.63, 3.8) is 0 Å². The summed E-state index contributed by atoms with van der Waals surface area (Å²) in [6.07, 6.45) is -1.42. The number of halogens is 3. The molecule has 0 fully saturated rings. The Morgan fingerprint density at radius 2 is 1.62 bits per heavy atom. The maximum Gasteiger partial charge on any atom is 0.408 e. The first-order valence-electron chi connectivity index (χ1n) is 13.1. The van der Waals surface area contributed by atoms with Crippen LogP contribution in [0.3, 0.4) is 0 Å². The minimum absolute atomic E-state index is 0.0749. The average Bonchev–Trinajstić information content (AvgIpc) is 2.88. The van der Waals surface area contributed by atoms with E-state index < -0.39 is 29.8 Å². The number of rotatable bonds is 15. The first-order valence-corrected chi connectivity index (χ1v) is 16.4. The Morgan fingerprint density at radius 1 is 1.00 bits per heavy atom. The van der Waals surface area contributed by atoms with E-state index in [0.29, 0.717) is 43.4 Å². The summed E-state index contributed by atoms with van der Waals surface area (Å²) in [4.78, 5) is 23.9. The maximum absolute atomic E-state index is 12.1. The van der Waals surface area contributed by atoms with Crippen LogP contribution in [-0.2, 0) is 16.0 Å². The molecule has 0 bridgehead atoms. The van der Waals surface area contributed by atoms with Gasteiger partial charge in [0.15, 0.2) is 5.75 Å². The van der Waals surface area contributed by atoms with Crippen LogP contribution in [0.15, 0.2) is 30.3 Å². The molecule has 0 aromatic heterocycles. The van der Waals surface area contributed by atoms with Gasteiger partial charge in [0.1, 0.15) is 35.9 Å². The number of aliphatic hydroxyl groups is 1. The molecule has 8 N–H and O–H groups in total. The van der Waals surface area contributed by atoms with Gasteiger partial charge in [-0.2, -0.15) is 0 Å². The molecular formula is C28H39I3N4O7. The van der Waals surface area contributed by atoms with E-state index >= 15 is 0 Å². The summed E-state index contributed by atoms with van der Waals surface area (Å²) in [6.45, 7) is 9.09. The number of benzene rings is 2. The Labute approximate surface area is 287 Å². The fourth-order valence-corrected chi connectivity index (χ4v) is 6.27. The number of ether oxygens (including phenoxy) is 3. The molecule has 11 nitrogen and oxygen atoms in total. The molecule has 2 rings (SSSR count). The summed E-state index contributed by atoms with van der Waals surface area (Å²) in [5.74, 6) is 0.677. The predicted molar refractivity (Wildman–Crippen MR) is 186 cm³/mol. The van der Waals surface area contributed by atoms with Gasteiger partial charge in [-0.05, 0) is 124 Å². The van der Waals surface area contributed by atoms with Gasteiger partial charge in [-0.15, -0.1) is 0 Å². The highest BCUT2D eigenvalue weighted by Gasteiger charge is 2.25. The van der Waals surface area contributed by atoms with E-state index in [0.717, 1.165) is 16.3 Å². The van der Waals surface area contributed by atoms with Gasteiger partial charge in [0.25, 0.3) is 0 Å². The molecule has 0 spiro atoms. The van der Waals surface area contributed by atoms with E-state index in [1.807, 2.05) is 25.1 Å². The Balaban J connectivity index is 2.01. The van der Waals surface area contributed by atoms with Gasteiger partial charge in [0.2, 0.25) is 0 Å². The van der Waals surface area contributed by atoms with Gasteiger partial charge in [-0.25, -0.2) is 9.59 Å². The van der Waals surface area contributed by atoms with E-state index in [4.69, 9.17) is 25.7 Å². The lowest BCUT2D eigenvalue weighted by Gasteiger charge is -2.27. The van der Waals surface area contributed by atoms with Crippen LogP contribution in [0.2, 0.25) is 0 Å². The van der Waals surface area contributed by atoms with E-state index in [2.05, 4.69) is 78.4 Å². The number of carboxylic acids is 1. The normalized spacial score (nSPS) is 13.3. The number of alkyl carbamates (subject to hydrolysis) is 1. The van der Waals surface area contributed by atoms with Gasteiger partial charge >= 0.3 is 12.1 Å². The van der Waals surface area contributed by atoms with Crippen LogP contribution >= 0.6 is 67.8 Å². The van der Waals surface area contributed by atoms with E-state index in [9.17, 15) is 19.8 Å². The van der Waals surface area contributed by atoms with Crippen LogP contribution in [0.25, 0.3) is 0 Å². The molecule has 0 aliphatic rings. The van der Waals surface area contributed by atoms with E-state index in [1.54, 1.807) is 32.9 Å². The number of aliphatic carboxylic acids is 1. The zero-order chi connectivity index (χ0) is 31.7. The Hall–Kier alpha value is -1.19. The minimum atomic E-state index is -1.16. The number of hydrogen-bond acceptors (Lipinski definition) is 9. The smallest absolute Gasteiger partial charge is 0.408 e. The third-order valence-electron chi connectivity index (χ3n) is 5.96. The van der Waals surface area contributed by atoms with Crippen molar-refractivity contribution >= 4 is 79.8 Å². The van der Waals surface area contributed by atoms with E-state index in [1.165, 1.54) is 0 Å².